The molecular weight excluding hydrogens is 415 g/mol. The van der Waals surface area contributed by atoms with Crippen molar-refractivity contribution in [3.63, 3.8) is 0 Å². The minimum atomic E-state index is -0.959. The molecular formula is C29H43FOS. The summed E-state index contributed by atoms with van der Waals surface area (Å²) >= 11 is 4.53. The molecule has 3 aliphatic carbocycles. The van der Waals surface area contributed by atoms with Gasteiger partial charge in [0.25, 0.3) is 0 Å². The molecule has 32 heavy (non-hydrogen) atoms. The van der Waals surface area contributed by atoms with Gasteiger partial charge < -0.3 is 5.11 Å². The number of halogens is 1. The molecule has 0 spiro atoms. The van der Waals surface area contributed by atoms with Crippen LogP contribution < -0.4 is 0 Å². The standard InChI is InChI=1S/C29H43FOS/c1-6-29(31,7-2)17-8-10-20(3)25-14-15-26-22(11-9-16-28(25,26)5)12-13-23-18-24(32)19-27(30)21(23)4/h8,12-14,17,20,24,26-27,31-32H,4,6-7,9-11,15-16,18-19H2,1-3,5H3/b17-8+,22-12+,23-13-. The maximum atomic E-state index is 14.2. The highest BCUT2D eigenvalue weighted by Crippen LogP contribution is 2.57. The Labute approximate surface area is 201 Å². The van der Waals surface area contributed by atoms with E-state index in [-0.39, 0.29) is 10.7 Å². The maximum Gasteiger partial charge on any atom is 0.126 e. The number of alkyl halides is 1. The Morgan fingerprint density at radius 2 is 2.06 bits per heavy atom. The van der Waals surface area contributed by atoms with Gasteiger partial charge in [0, 0.05) is 5.25 Å². The van der Waals surface area contributed by atoms with E-state index in [1.165, 1.54) is 18.4 Å². The Bertz CT molecular complexity index is 815. The molecule has 3 aliphatic rings. The summed E-state index contributed by atoms with van der Waals surface area (Å²) < 4.78 is 14.2. The molecule has 0 radical (unpaired) electrons. The lowest BCUT2D eigenvalue weighted by Crippen LogP contribution is -2.32. The van der Waals surface area contributed by atoms with Gasteiger partial charge >= 0.3 is 0 Å². The van der Waals surface area contributed by atoms with E-state index in [0.29, 0.717) is 23.8 Å². The van der Waals surface area contributed by atoms with Crippen LogP contribution in [0.5, 0.6) is 0 Å². The minimum absolute atomic E-state index is 0.0866. The van der Waals surface area contributed by atoms with Crippen LogP contribution in [0.3, 0.4) is 0 Å². The Hall–Kier alpha value is -1.06. The largest absolute Gasteiger partial charge is 0.386 e. The molecule has 0 saturated heterocycles. The van der Waals surface area contributed by atoms with Gasteiger partial charge in [0.2, 0.25) is 0 Å². The van der Waals surface area contributed by atoms with E-state index in [1.54, 1.807) is 5.57 Å². The zero-order valence-corrected chi connectivity index (χ0v) is 21.4. The first-order chi connectivity index (χ1) is 15.1. The van der Waals surface area contributed by atoms with Gasteiger partial charge in [-0.1, -0.05) is 75.8 Å². The molecule has 0 aromatic carbocycles. The summed E-state index contributed by atoms with van der Waals surface area (Å²) in [4.78, 5) is 0. The molecule has 0 aromatic rings. The topological polar surface area (TPSA) is 20.2 Å². The molecule has 5 atom stereocenters. The van der Waals surface area contributed by atoms with Crippen LogP contribution in [0.15, 0.2) is 59.3 Å². The zero-order valence-electron chi connectivity index (χ0n) is 20.5. The lowest BCUT2D eigenvalue weighted by atomic mass is 9.62. The third kappa shape index (κ3) is 5.36. The van der Waals surface area contributed by atoms with E-state index in [1.807, 2.05) is 19.9 Å². The number of allylic oxidation sites excluding steroid dienone is 8. The summed E-state index contributed by atoms with van der Waals surface area (Å²) in [5.41, 5.74) is 4.32. The van der Waals surface area contributed by atoms with Crippen LogP contribution in [0.2, 0.25) is 0 Å². The van der Waals surface area contributed by atoms with Crippen molar-refractivity contribution in [3.05, 3.63) is 59.3 Å². The zero-order chi connectivity index (χ0) is 23.5. The van der Waals surface area contributed by atoms with Crippen LogP contribution in [0.25, 0.3) is 0 Å². The molecule has 0 heterocycles. The minimum Gasteiger partial charge on any atom is -0.386 e. The van der Waals surface area contributed by atoms with Crippen molar-refractivity contribution >= 4 is 12.6 Å². The van der Waals surface area contributed by atoms with Gasteiger partial charge in [-0.05, 0) is 86.2 Å². The summed E-state index contributed by atoms with van der Waals surface area (Å²) in [5, 5.41) is 10.6. The fourth-order valence-electron chi connectivity index (χ4n) is 6.15. The van der Waals surface area contributed by atoms with Crippen molar-refractivity contribution in [3.8, 4) is 0 Å². The van der Waals surface area contributed by atoms with E-state index in [2.05, 4.69) is 57.4 Å². The number of aliphatic hydroxyl groups is 1. The smallest absolute Gasteiger partial charge is 0.126 e. The van der Waals surface area contributed by atoms with Crippen molar-refractivity contribution in [2.24, 2.45) is 17.3 Å². The molecule has 0 aliphatic heterocycles. The van der Waals surface area contributed by atoms with Crippen LogP contribution >= 0.6 is 12.6 Å². The number of hydrogen-bond acceptors (Lipinski definition) is 2. The molecule has 3 heteroatoms. The number of hydrogen-bond donors (Lipinski definition) is 2. The summed E-state index contributed by atoms with van der Waals surface area (Å²) in [6, 6.07) is 0. The van der Waals surface area contributed by atoms with Gasteiger partial charge in [-0.25, -0.2) is 4.39 Å². The Morgan fingerprint density at radius 3 is 2.75 bits per heavy atom. The molecule has 1 nitrogen and oxygen atoms in total. The van der Waals surface area contributed by atoms with Crippen molar-refractivity contribution in [1.29, 1.82) is 0 Å². The predicted molar refractivity (Wildman–Crippen MR) is 139 cm³/mol. The average molecular weight is 459 g/mol. The average Bonchev–Trinajstić information content (AvgIpc) is 3.12. The molecule has 3 rings (SSSR count). The lowest BCUT2D eigenvalue weighted by molar-refractivity contribution is 0.0824. The monoisotopic (exact) mass is 458 g/mol. The van der Waals surface area contributed by atoms with Crippen LogP contribution in [0.4, 0.5) is 4.39 Å². The van der Waals surface area contributed by atoms with E-state index >= 15 is 0 Å². The van der Waals surface area contributed by atoms with Gasteiger partial charge in [0.15, 0.2) is 0 Å². The Kier molecular flexibility index (Phi) is 8.36. The van der Waals surface area contributed by atoms with Crippen LogP contribution in [0.1, 0.15) is 85.5 Å². The van der Waals surface area contributed by atoms with E-state index < -0.39 is 11.8 Å². The van der Waals surface area contributed by atoms with Crippen molar-refractivity contribution in [2.75, 3.05) is 0 Å². The highest BCUT2D eigenvalue weighted by Gasteiger charge is 2.45. The van der Waals surface area contributed by atoms with E-state index in [0.717, 1.165) is 44.1 Å². The van der Waals surface area contributed by atoms with Crippen LogP contribution in [-0.4, -0.2) is 22.1 Å². The third-order valence-corrected chi connectivity index (χ3v) is 8.90. The van der Waals surface area contributed by atoms with Gasteiger partial charge in [0.05, 0.1) is 5.60 Å². The van der Waals surface area contributed by atoms with Crippen molar-refractivity contribution in [2.45, 2.75) is 103 Å². The first kappa shape index (κ1) is 25.6. The quantitative estimate of drug-likeness (QED) is 0.292. The number of rotatable bonds is 7. The van der Waals surface area contributed by atoms with E-state index in [4.69, 9.17) is 0 Å². The molecule has 2 saturated carbocycles. The number of fused-ring (bicyclic) bond motifs is 1. The first-order valence-corrected chi connectivity index (χ1v) is 13.2. The Morgan fingerprint density at radius 1 is 1.34 bits per heavy atom. The molecule has 2 fully saturated rings. The van der Waals surface area contributed by atoms with Gasteiger partial charge in [-0.3, -0.25) is 0 Å². The highest BCUT2D eigenvalue weighted by molar-refractivity contribution is 7.81. The van der Waals surface area contributed by atoms with Crippen molar-refractivity contribution < 1.29 is 9.50 Å². The second-order valence-corrected chi connectivity index (χ2v) is 11.3. The summed E-state index contributed by atoms with van der Waals surface area (Å²) in [5.74, 6) is 1.02. The van der Waals surface area contributed by atoms with Crippen molar-refractivity contribution in [1.82, 2.24) is 0 Å². The second kappa shape index (κ2) is 10.5. The van der Waals surface area contributed by atoms with Gasteiger partial charge in [-0.2, -0.15) is 12.6 Å². The summed E-state index contributed by atoms with van der Waals surface area (Å²) in [6.07, 6.45) is 18.6. The van der Waals surface area contributed by atoms with E-state index in [9.17, 15) is 9.50 Å². The number of thiol groups is 1. The van der Waals surface area contributed by atoms with Gasteiger partial charge in [0.1, 0.15) is 6.17 Å². The summed E-state index contributed by atoms with van der Waals surface area (Å²) in [6.45, 7) is 12.9. The maximum absolute atomic E-state index is 14.2. The van der Waals surface area contributed by atoms with Crippen LogP contribution in [0, 0.1) is 17.3 Å². The fourth-order valence-corrected chi connectivity index (χ4v) is 6.54. The van der Waals surface area contributed by atoms with Gasteiger partial charge in [-0.15, -0.1) is 0 Å². The van der Waals surface area contributed by atoms with Crippen LogP contribution in [-0.2, 0) is 0 Å². The molecule has 0 amide bonds. The lowest BCUT2D eigenvalue weighted by Gasteiger charge is -2.42. The first-order valence-electron chi connectivity index (χ1n) is 12.6. The fraction of sp³-hybridized carbons (Fsp3) is 0.655. The third-order valence-electron chi connectivity index (χ3n) is 8.51. The SMILES string of the molecule is C=C1/C(=C\C=C2/CCCC3(C)C(C(C)C/C=C/C(O)(CC)CC)=CCC23)CC(S)CC1F. The predicted octanol–water partition coefficient (Wildman–Crippen LogP) is 8.10. The molecule has 0 aromatic heterocycles. The molecule has 0 bridgehead atoms. The summed E-state index contributed by atoms with van der Waals surface area (Å²) in [7, 11) is 0. The highest BCUT2D eigenvalue weighted by atomic mass is 32.1. The normalized spacial score (nSPS) is 34.9. The molecule has 1 N–H and O–H groups in total. The molecule has 178 valence electrons. The molecule has 5 unspecified atom stereocenters. The Balaban J connectivity index is 1.73. The second-order valence-electron chi connectivity index (χ2n) is 10.6.